The van der Waals surface area contributed by atoms with Crippen LogP contribution in [0.15, 0.2) is 12.2 Å². The molecular formula is C9H15NOS. The summed E-state index contributed by atoms with van der Waals surface area (Å²) < 4.78 is 0. The Morgan fingerprint density at radius 3 is 2.58 bits per heavy atom. The second-order valence-corrected chi connectivity index (χ2v) is 4.22. The van der Waals surface area contributed by atoms with Crippen molar-refractivity contribution in [1.82, 2.24) is 4.90 Å². The number of amides is 1. The zero-order valence-electron chi connectivity index (χ0n) is 7.78. The van der Waals surface area contributed by atoms with E-state index >= 15 is 0 Å². The normalized spacial score (nSPS) is 19.3. The Morgan fingerprint density at radius 2 is 2.25 bits per heavy atom. The third-order valence-corrected chi connectivity index (χ3v) is 3.25. The molecule has 0 aromatic rings. The molecule has 0 saturated carbocycles. The largest absolute Gasteiger partial charge is 0.323 e. The van der Waals surface area contributed by atoms with Crippen LogP contribution >= 0.6 is 11.8 Å². The Kier molecular flexibility index (Phi) is 3.20. The topological polar surface area (TPSA) is 20.3 Å². The second-order valence-electron chi connectivity index (χ2n) is 3.26. The third-order valence-electron chi connectivity index (χ3n) is 1.96. The van der Waals surface area contributed by atoms with Crippen LogP contribution in [0.25, 0.3) is 0 Å². The summed E-state index contributed by atoms with van der Waals surface area (Å²) in [6, 6.07) is 0. The van der Waals surface area contributed by atoms with Crippen molar-refractivity contribution in [2.75, 3.05) is 12.8 Å². The Hall–Kier alpha value is -0.440. The van der Waals surface area contributed by atoms with Gasteiger partial charge in [0, 0.05) is 12.6 Å². The molecule has 0 aliphatic carbocycles. The smallest absolute Gasteiger partial charge is 0.247 e. The van der Waals surface area contributed by atoms with Gasteiger partial charge in [0.05, 0.1) is 5.37 Å². The summed E-state index contributed by atoms with van der Waals surface area (Å²) in [5.74, 6) is 0.673. The van der Waals surface area contributed by atoms with Gasteiger partial charge in [-0.1, -0.05) is 19.9 Å². The summed E-state index contributed by atoms with van der Waals surface area (Å²) in [4.78, 5) is 13.2. The van der Waals surface area contributed by atoms with E-state index in [9.17, 15) is 4.79 Å². The van der Waals surface area contributed by atoms with E-state index < -0.39 is 0 Å². The number of carbonyl (C=O) groups is 1. The van der Waals surface area contributed by atoms with E-state index in [1.807, 2.05) is 11.0 Å². The predicted octanol–water partition coefficient (Wildman–Crippen LogP) is 1.73. The lowest BCUT2D eigenvalue weighted by atomic mass is 10.2. The Bertz CT molecular complexity index is 201. The standard InChI is InChI=1S/C9H15NOS/c1-7(2)9(12-3)10-6-4-5-8(10)11/h4-5,7,9H,6H2,1-3H3. The van der Waals surface area contributed by atoms with Gasteiger partial charge in [-0.3, -0.25) is 4.79 Å². The molecule has 0 bridgehead atoms. The molecule has 1 atom stereocenters. The van der Waals surface area contributed by atoms with E-state index in [-0.39, 0.29) is 5.91 Å². The van der Waals surface area contributed by atoms with Gasteiger partial charge in [-0.2, -0.15) is 0 Å². The van der Waals surface area contributed by atoms with Crippen molar-refractivity contribution >= 4 is 17.7 Å². The van der Waals surface area contributed by atoms with Gasteiger partial charge in [-0.15, -0.1) is 11.8 Å². The Morgan fingerprint density at radius 1 is 1.58 bits per heavy atom. The second kappa shape index (κ2) is 3.99. The molecule has 0 radical (unpaired) electrons. The third kappa shape index (κ3) is 1.83. The van der Waals surface area contributed by atoms with Gasteiger partial charge in [-0.05, 0) is 12.2 Å². The molecule has 68 valence electrons. The first-order valence-corrected chi connectivity index (χ1v) is 5.45. The quantitative estimate of drug-likeness (QED) is 0.667. The van der Waals surface area contributed by atoms with Gasteiger partial charge < -0.3 is 4.90 Å². The van der Waals surface area contributed by atoms with E-state index in [2.05, 4.69) is 20.1 Å². The lowest BCUT2D eigenvalue weighted by molar-refractivity contribution is -0.125. The maximum absolute atomic E-state index is 11.3. The lowest BCUT2D eigenvalue weighted by Gasteiger charge is -2.29. The molecule has 0 spiro atoms. The van der Waals surface area contributed by atoms with Gasteiger partial charge in [0.1, 0.15) is 0 Å². The highest BCUT2D eigenvalue weighted by atomic mass is 32.2. The van der Waals surface area contributed by atoms with E-state index in [1.165, 1.54) is 0 Å². The van der Waals surface area contributed by atoms with Crippen molar-refractivity contribution in [2.24, 2.45) is 5.92 Å². The van der Waals surface area contributed by atoms with Crippen molar-refractivity contribution in [1.29, 1.82) is 0 Å². The zero-order valence-corrected chi connectivity index (χ0v) is 8.60. The van der Waals surface area contributed by atoms with Gasteiger partial charge >= 0.3 is 0 Å². The molecule has 0 fully saturated rings. The van der Waals surface area contributed by atoms with Gasteiger partial charge in [0.15, 0.2) is 0 Å². The van der Waals surface area contributed by atoms with Crippen LogP contribution in [0.5, 0.6) is 0 Å². The number of hydrogen-bond acceptors (Lipinski definition) is 2. The summed E-state index contributed by atoms with van der Waals surface area (Å²) in [5.41, 5.74) is 0. The van der Waals surface area contributed by atoms with Gasteiger partial charge in [-0.25, -0.2) is 0 Å². The highest BCUT2D eigenvalue weighted by molar-refractivity contribution is 7.99. The van der Waals surface area contributed by atoms with Crippen LogP contribution in [0, 0.1) is 5.92 Å². The molecule has 3 heteroatoms. The molecule has 1 heterocycles. The first-order valence-electron chi connectivity index (χ1n) is 4.16. The van der Waals surface area contributed by atoms with E-state index in [0.717, 1.165) is 6.54 Å². The highest BCUT2D eigenvalue weighted by Gasteiger charge is 2.25. The molecule has 0 N–H and O–H groups in total. The molecule has 2 nitrogen and oxygen atoms in total. The molecule has 1 rings (SSSR count). The fraction of sp³-hybridized carbons (Fsp3) is 0.667. The average Bonchev–Trinajstić information content (AvgIpc) is 2.38. The molecule has 0 aromatic heterocycles. The number of rotatable bonds is 3. The monoisotopic (exact) mass is 185 g/mol. The van der Waals surface area contributed by atoms with E-state index in [0.29, 0.717) is 11.3 Å². The van der Waals surface area contributed by atoms with Crippen molar-refractivity contribution in [3.8, 4) is 0 Å². The van der Waals surface area contributed by atoms with E-state index in [4.69, 9.17) is 0 Å². The van der Waals surface area contributed by atoms with Gasteiger partial charge in [0.2, 0.25) is 5.91 Å². The van der Waals surface area contributed by atoms with Crippen LogP contribution in [-0.2, 0) is 4.79 Å². The molecular weight excluding hydrogens is 170 g/mol. The maximum atomic E-state index is 11.3. The summed E-state index contributed by atoms with van der Waals surface area (Å²) in [7, 11) is 0. The predicted molar refractivity (Wildman–Crippen MR) is 53.0 cm³/mol. The summed E-state index contributed by atoms with van der Waals surface area (Å²) in [5, 5.41) is 0.326. The first-order chi connectivity index (χ1) is 5.66. The average molecular weight is 185 g/mol. The van der Waals surface area contributed by atoms with Gasteiger partial charge in [0.25, 0.3) is 0 Å². The van der Waals surface area contributed by atoms with Crippen LogP contribution in [0.2, 0.25) is 0 Å². The fourth-order valence-corrected chi connectivity index (χ4v) is 2.43. The maximum Gasteiger partial charge on any atom is 0.247 e. The minimum Gasteiger partial charge on any atom is -0.323 e. The SMILES string of the molecule is CSC(C(C)C)N1CC=CC1=O. The van der Waals surface area contributed by atoms with Crippen LogP contribution in [-0.4, -0.2) is 29.0 Å². The molecule has 1 amide bonds. The minimum atomic E-state index is 0.156. The van der Waals surface area contributed by atoms with Crippen LogP contribution in [0.3, 0.4) is 0 Å². The number of carbonyl (C=O) groups excluding carboxylic acids is 1. The number of nitrogens with zero attached hydrogens (tertiary/aromatic N) is 1. The molecule has 1 aliphatic rings. The minimum absolute atomic E-state index is 0.156. The Balaban J connectivity index is 2.61. The molecule has 1 aliphatic heterocycles. The molecule has 0 saturated heterocycles. The summed E-state index contributed by atoms with van der Waals surface area (Å²) in [6.07, 6.45) is 5.63. The number of thioether (sulfide) groups is 1. The first kappa shape index (κ1) is 9.65. The Labute approximate surface area is 78.0 Å². The summed E-state index contributed by atoms with van der Waals surface area (Å²) in [6.45, 7) is 5.07. The number of hydrogen-bond donors (Lipinski definition) is 0. The molecule has 1 unspecified atom stereocenters. The van der Waals surface area contributed by atoms with Crippen LogP contribution in [0.1, 0.15) is 13.8 Å². The van der Waals surface area contributed by atoms with Crippen molar-refractivity contribution in [2.45, 2.75) is 19.2 Å². The van der Waals surface area contributed by atoms with Crippen molar-refractivity contribution in [3.63, 3.8) is 0 Å². The lowest BCUT2D eigenvalue weighted by Crippen LogP contribution is -2.37. The fourth-order valence-electron chi connectivity index (χ4n) is 1.44. The molecule has 12 heavy (non-hydrogen) atoms. The zero-order chi connectivity index (χ0) is 9.14. The van der Waals surface area contributed by atoms with E-state index in [1.54, 1.807) is 17.8 Å². The summed E-state index contributed by atoms with van der Waals surface area (Å²) >= 11 is 1.74. The van der Waals surface area contributed by atoms with Crippen LogP contribution < -0.4 is 0 Å². The molecule has 0 aromatic carbocycles. The highest BCUT2D eigenvalue weighted by Crippen LogP contribution is 2.23. The van der Waals surface area contributed by atoms with Crippen molar-refractivity contribution < 1.29 is 4.79 Å². The van der Waals surface area contributed by atoms with Crippen molar-refractivity contribution in [3.05, 3.63) is 12.2 Å². The van der Waals surface area contributed by atoms with Crippen LogP contribution in [0.4, 0.5) is 0 Å².